The van der Waals surface area contributed by atoms with Crippen LogP contribution in [0.3, 0.4) is 0 Å². The molecule has 12 heteroatoms. The SMILES string of the molecule is CCCC[C@H](NC(=O)[C@@H](N)CCSC)C(=O)N[C@@H](CC(C)C)C(=O)N[C@@H](Cc1ccccc1)C(=O)N[C@@H](Cc1ccccc1)C(=O)O. The van der Waals surface area contributed by atoms with E-state index in [9.17, 15) is 29.1 Å². The van der Waals surface area contributed by atoms with Crippen molar-refractivity contribution in [2.75, 3.05) is 12.0 Å². The van der Waals surface area contributed by atoms with Gasteiger partial charge in [-0.15, -0.1) is 0 Å². The van der Waals surface area contributed by atoms with E-state index in [2.05, 4.69) is 21.3 Å². The average molecular weight is 670 g/mol. The lowest BCUT2D eigenvalue weighted by Crippen LogP contribution is -2.59. The Hall–Kier alpha value is -3.90. The lowest BCUT2D eigenvalue weighted by Gasteiger charge is -2.27. The number of carboxylic acids is 1. The van der Waals surface area contributed by atoms with Gasteiger partial charge < -0.3 is 32.1 Å². The van der Waals surface area contributed by atoms with Gasteiger partial charge in [0.15, 0.2) is 0 Å². The molecule has 0 saturated heterocycles. The molecule has 2 aromatic carbocycles. The first kappa shape index (κ1) is 39.3. The number of nitrogens with two attached hydrogens (primary N) is 1. The minimum Gasteiger partial charge on any atom is -0.480 e. The van der Waals surface area contributed by atoms with Crippen molar-refractivity contribution in [2.24, 2.45) is 11.7 Å². The van der Waals surface area contributed by atoms with Crippen LogP contribution >= 0.6 is 11.8 Å². The molecule has 0 radical (unpaired) electrons. The van der Waals surface area contributed by atoms with Gasteiger partial charge in [-0.25, -0.2) is 4.79 Å². The fraction of sp³-hybridized carbons (Fsp3) is 0.514. The highest BCUT2D eigenvalue weighted by Crippen LogP contribution is 2.11. The normalized spacial score (nSPS) is 14.3. The van der Waals surface area contributed by atoms with Crippen molar-refractivity contribution in [3.63, 3.8) is 0 Å². The van der Waals surface area contributed by atoms with Gasteiger partial charge in [0.2, 0.25) is 23.6 Å². The Morgan fingerprint density at radius 3 is 1.68 bits per heavy atom. The van der Waals surface area contributed by atoms with Gasteiger partial charge in [-0.1, -0.05) is 94.3 Å². The van der Waals surface area contributed by atoms with Crippen LogP contribution in [0.15, 0.2) is 60.7 Å². The number of amides is 4. The quantitative estimate of drug-likeness (QED) is 0.117. The molecule has 258 valence electrons. The molecule has 0 aliphatic carbocycles. The number of carbonyl (C=O) groups excluding carboxylic acids is 4. The van der Waals surface area contributed by atoms with Crippen LogP contribution < -0.4 is 27.0 Å². The summed E-state index contributed by atoms with van der Waals surface area (Å²) in [6, 6.07) is 13.0. The maximum absolute atomic E-state index is 13.8. The topological polar surface area (TPSA) is 180 Å². The van der Waals surface area contributed by atoms with Gasteiger partial charge in [0.05, 0.1) is 6.04 Å². The van der Waals surface area contributed by atoms with E-state index in [1.807, 2.05) is 51.3 Å². The summed E-state index contributed by atoms with van der Waals surface area (Å²) in [7, 11) is 0. The molecule has 0 spiro atoms. The van der Waals surface area contributed by atoms with Crippen LogP contribution in [-0.4, -0.2) is 76.9 Å². The van der Waals surface area contributed by atoms with Crippen LogP contribution in [0.2, 0.25) is 0 Å². The Bertz CT molecular complexity index is 1280. The molecule has 7 N–H and O–H groups in total. The first-order valence-electron chi connectivity index (χ1n) is 16.2. The molecule has 47 heavy (non-hydrogen) atoms. The van der Waals surface area contributed by atoms with E-state index in [4.69, 9.17) is 5.73 Å². The summed E-state index contributed by atoms with van der Waals surface area (Å²) in [4.78, 5) is 65.8. The Morgan fingerprint density at radius 1 is 0.702 bits per heavy atom. The summed E-state index contributed by atoms with van der Waals surface area (Å²) in [6.45, 7) is 5.79. The molecule has 2 aromatic rings. The largest absolute Gasteiger partial charge is 0.480 e. The van der Waals surface area contributed by atoms with Gasteiger partial charge in [-0.3, -0.25) is 19.2 Å². The van der Waals surface area contributed by atoms with Gasteiger partial charge >= 0.3 is 5.97 Å². The predicted octanol–water partition coefficient (Wildman–Crippen LogP) is 2.81. The highest BCUT2D eigenvalue weighted by atomic mass is 32.2. The zero-order valence-corrected chi connectivity index (χ0v) is 28.7. The third-order valence-corrected chi connectivity index (χ3v) is 8.25. The van der Waals surface area contributed by atoms with E-state index in [1.165, 1.54) is 0 Å². The van der Waals surface area contributed by atoms with Gasteiger partial charge in [-0.2, -0.15) is 11.8 Å². The summed E-state index contributed by atoms with van der Waals surface area (Å²) in [6.07, 6.45) is 4.66. The van der Waals surface area contributed by atoms with Crippen LogP contribution in [0.25, 0.3) is 0 Å². The minimum absolute atomic E-state index is 0.00152. The second-order valence-corrected chi connectivity index (χ2v) is 13.1. The van der Waals surface area contributed by atoms with Crippen molar-refractivity contribution >= 4 is 41.4 Å². The van der Waals surface area contributed by atoms with Crippen LogP contribution in [-0.2, 0) is 36.8 Å². The number of rotatable bonds is 21. The molecule has 0 unspecified atom stereocenters. The van der Waals surface area contributed by atoms with Crippen molar-refractivity contribution < 1.29 is 29.1 Å². The lowest BCUT2D eigenvalue weighted by molar-refractivity contribution is -0.142. The molecule has 2 rings (SSSR count). The van der Waals surface area contributed by atoms with Crippen LogP contribution in [0.4, 0.5) is 0 Å². The van der Waals surface area contributed by atoms with Crippen molar-refractivity contribution in [3.8, 4) is 0 Å². The summed E-state index contributed by atoms with van der Waals surface area (Å²) in [5.74, 6) is -2.69. The fourth-order valence-electron chi connectivity index (χ4n) is 4.96. The first-order valence-corrected chi connectivity index (χ1v) is 17.6. The lowest BCUT2D eigenvalue weighted by atomic mass is 9.99. The molecule has 0 saturated carbocycles. The Kier molecular flexibility index (Phi) is 17.6. The van der Waals surface area contributed by atoms with Gasteiger partial charge in [0, 0.05) is 12.8 Å². The first-order chi connectivity index (χ1) is 22.4. The molecule has 5 atom stereocenters. The number of unbranched alkanes of at least 4 members (excludes halogenated alkanes) is 1. The van der Waals surface area contributed by atoms with Crippen LogP contribution in [0.5, 0.6) is 0 Å². The predicted molar refractivity (Wildman–Crippen MR) is 186 cm³/mol. The van der Waals surface area contributed by atoms with Crippen molar-refractivity contribution in [1.29, 1.82) is 0 Å². The van der Waals surface area contributed by atoms with Gasteiger partial charge in [0.1, 0.15) is 24.2 Å². The minimum atomic E-state index is -1.23. The summed E-state index contributed by atoms with van der Waals surface area (Å²) in [5.41, 5.74) is 7.53. The average Bonchev–Trinajstić information content (AvgIpc) is 3.04. The van der Waals surface area contributed by atoms with Crippen molar-refractivity contribution in [1.82, 2.24) is 21.3 Å². The molecule has 0 fully saturated rings. The number of nitrogens with one attached hydrogen (secondary N) is 4. The Balaban J connectivity index is 2.27. The molecule has 11 nitrogen and oxygen atoms in total. The third-order valence-electron chi connectivity index (χ3n) is 7.60. The molecule has 0 aliphatic rings. The molecule has 0 bridgehead atoms. The summed E-state index contributed by atoms with van der Waals surface area (Å²) < 4.78 is 0. The van der Waals surface area contributed by atoms with Crippen LogP contribution in [0.1, 0.15) is 64.0 Å². The zero-order valence-electron chi connectivity index (χ0n) is 27.9. The second kappa shape index (κ2) is 21.1. The molecule has 0 aliphatic heterocycles. The standard InChI is InChI=1S/C35H51N5O6S/c1-5-6-17-27(37-31(41)26(36)18-19-47-4)32(42)38-28(20-23(2)3)33(43)39-29(21-24-13-9-7-10-14-24)34(44)40-30(35(45)46)22-25-15-11-8-12-16-25/h7-16,23,26-30H,5-6,17-22,36H2,1-4H3,(H,37,41)(H,38,42)(H,39,43)(H,40,44)(H,45,46)/t26-,27-,28-,29-,30-/m0/s1. The van der Waals surface area contributed by atoms with E-state index in [1.54, 1.807) is 48.2 Å². The number of aliphatic carboxylic acids is 1. The number of thioether (sulfide) groups is 1. The maximum Gasteiger partial charge on any atom is 0.326 e. The van der Waals surface area contributed by atoms with Gasteiger partial charge in [-0.05, 0) is 48.3 Å². The molecule has 0 aromatic heterocycles. The molecule has 0 heterocycles. The number of carboxylic acid groups (broad SMARTS) is 1. The number of hydrogen-bond acceptors (Lipinski definition) is 7. The smallest absolute Gasteiger partial charge is 0.326 e. The molecule has 4 amide bonds. The summed E-state index contributed by atoms with van der Waals surface area (Å²) >= 11 is 1.57. The highest BCUT2D eigenvalue weighted by Gasteiger charge is 2.32. The van der Waals surface area contributed by atoms with E-state index < -0.39 is 59.8 Å². The van der Waals surface area contributed by atoms with E-state index in [0.717, 1.165) is 17.5 Å². The van der Waals surface area contributed by atoms with Crippen molar-refractivity contribution in [3.05, 3.63) is 71.8 Å². The fourth-order valence-corrected chi connectivity index (χ4v) is 5.45. The van der Waals surface area contributed by atoms with E-state index in [0.29, 0.717) is 25.0 Å². The summed E-state index contributed by atoms with van der Waals surface area (Å²) in [5, 5.41) is 20.8. The van der Waals surface area contributed by atoms with Crippen LogP contribution in [0, 0.1) is 5.92 Å². The molecular formula is C35H51N5O6S. The van der Waals surface area contributed by atoms with Crippen molar-refractivity contribution in [2.45, 2.75) is 95.9 Å². The number of benzene rings is 2. The van der Waals surface area contributed by atoms with E-state index in [-0.39, 0.29) is 25.2 Å². The zero-order chi connectivity index (χ0) is 34.8. The Labute approximate surface area is 282 Å². The van der Waals surface area contributed by atoms with E-state index >= 15 is 0 Å². The highest BCUT2D eigenvalue weighted by molar-refractivity contribution is 7.98. The maximum atomic E-state index is 13.8. The third kappa shape index (κ3) is 14.6. The number of carbonyl (C=O) groups is 5. The monoisotopic (exact) mass is 669 g/mol. The molecular weight excluding hydrogens is 618 g/mol. The van der Waals surface area contributed by atoms with Gasteiger partial charge in [0.25, 0.3) is 0 Å². The Morgan fingerprint density at radius 2 is 1.17 bits per heavy atom. The number of hydrogen-bond donors (Lipinski definition) is 6. The second-order valence-electron chi connectivity index (χ2n) is 12.1.